The number of aromatic nitrogens is 6. The van der Waals surface area contributed by atoms with E-state index < -0.39 is 11.6 Å². The fourth-order valence-electron chi connectivity index (χ4n) is 4.55. The Morgan fingerprint density at radius 3 is 2.40 bits per heavy atom. The highest BCUT2D eigenvalue weighted by atomic mass is 19.2. The van der Waals surface area contributed by atoms with Crippen molar-refractivity contribution in [3.63, 3.8) is 0 Å². The third-order valence-corrected chi connectivity index (χ3v) is 6.10. The van der Waals surface area contributed by atoms with E-state index in [2.05, 4.69) is 25.4 Å². The predicted octanol–water partition coefficient (Wildman–Crippen LogP) is 5.13. The van der Waals surface area contributed by atoms with Gasteiger partial charge in [0, 0.05) is 24.0 Å². The first-order chi connectivity index (χ1) is 17.1. The molecule has 172 valence electrons. The minimum atomic E-state index is -0.933. The molecule has 3 aromatic carbocycles. The Bertz CT molecular complexity index is 1660. The van der Waals surface area contributed by atoms with Gasteiger partial charge < -0.3 is 10.7 Å². The van der Waals surface area contributed by atoms with Crippen LogP contribution in [0.25, 0.3) is 33.3 Å². The number of halogens is 2. The number of benzene rings is 3. The Labute approximate surface area is 198 Å². The van der Waals surface area contributed by atoms with E-state index in [1.807, 2.05) is 36.4 Å². The summed E-state index contributed by atoms with van der Waals surface area (Å²) in [4.78, 5) is 12.2. The lowest BCUT2D eigenvalue weighted by molar-refractivity contribution is 0.513. The Balaban J connectivity index is 1.51. The second-order valence-electron chi connectivity index (χ2n) is 8.31. The van der Waals surface area contributed by atoms with Gasteiger partial charge in [0.25, 0.3) is 0 Å². The van der Waals surface area contributed by atoms with Gasteiger partial charge in [-0.1, -0.05) is 65.9 Å². The van der Waals surface area contributed by atoms with Gasteiger partial charge in [0.15, 0.2) is 17.3 Å². The lowest BCUT2D eigenvalue weighted by Gasteiger charge is -2.17. The highest BCUT2D eigenvalue weighted by Crippen LogP contribution is 2.35. The van der Waals surface area contributed by atoms with E-state index in [0.29, 0.717) is 45.8 Å². The van der Waals surface area contributed by atoms with Crippen LogP contribution in [0, 0.1) is 11.6 Å². The average molecular weight is 467 g/mol. The van der Waals surface area contributed by atoms with E-state index >= 15 is 0 Å². The first kappa shape index (κ1) is 20.9. The smallest absolute Gasteiger partial charge is 0.178 e. The molecule has 9 heteroatoms. The average Bonchev–Trinajstić information content (AvgIpc) is 3.50. The standard InChI is InChI=1S/C26H19F2N7/c27-18-13-19-25(22(23(18)28)15-9-5-2-6-10-15)32-21(30-19)12-16(14-7-3-1-4-8-14)17-11-20(29)31-26-24(17)33-35-34-26/h1-11,13,16H,12H2,(H,30,32)(H3,29,31,33,34,35). The van der Waals surface area contributed by atoms with Crippen molar-refractivity contribution >= 4 is 28.0 Å². The zero-order valence-corrected chi connectivity index (χ0v) is 18.3. The van der Waals surface area contributed by atoms with Gasteiger partial charge in [0.2, 0.25) is 0 Å². The van der Waals surface area contributed by atoms with Gasteiger partial charge in [-0.15, -0.1) is 5.10 Å². The molecule has 0 aliphatic rings. The molecule has 0 amide bonds. The van der Waals surface area contributed by atoms with E-state index in [0.717, 1.165) is 17.2 Å². The van der Waals surface area contributed by atoms with Gasteiger partial charge in [0.05, 0.1) is 11.0 Å². The van der Waals surface area contributed by atoms with Crippen LogP contribution in [-0.2, 0) is 6.42 Å². The zero-order valence-electron chi connectivity index (χ0n) is 18.3. The first-order valence-electron chi connectivity index (χ1n) is 11.0. The molecule has 3 aromatic heterocycles. The monoisotopic (exact) mass is 467 g/mol. The normalized spacial score (nSPS) is 12.4. The number of H-pyrrole nitrogens is 2. The van der Waals surface area contributed by atoms with Gasteiger partial charge in [-0.3, -0.25) is 0 Å². The number of nitrogens with one attached hydrogen (secondary N) is 2. The molecule has 0 aliphatic heterocycles. The van der Waals surface area contributed by atoms with E-state index in [4.69, 9.17) is 10.7 Å². The number of nitrogens with two attached hydrogens (primary N) is 1. The molecule has 6 rings (SSSR count). The van der Waals surface area contributed by atoms with Gasteiger partial charge in [-0.2, -0.15) is 0 Å². The first-order valence-corrected chi connectivity index (χ1v) is 11.0. The van der Waals surface area contributed by atoms with Crippen LogP contribution in [0.4, 0.5) is 14.6 Å². The lowest BCUT2D eigenvalue weighted by atomic mass is 9.88. The van der Waals surface area contributed by atoms with Crippen LogP contribution in [0.1, 0.15) is 22.9 Å². The highest BCUT2D eigenvalue weighted by Gasteiger charge is 2.24. The Morgan fingerprint density at radius 2 is 1.63 bits per heavy atom. The topological polar surface area (TPSA) is 109 Å². The minimum absolute atomic E-state index is 0.131. The molecule has 0 saturated heterocycles. The number of nitrogen functional groups attached to an aromatic ring is 1. The molecule has 0 aliphatic carbocycles. The summed E-state index contributed by atoms with van der Waals surface area (Å²) in [5.41, 5.74) is 10.5. The molecule has 0 radical (unpaired) electrons. The van der Waals surface area contributed by atoms with Crippen LogP contribution < -0.4 is 5.73 Å². The van der Waals surface area contributed by atoms with Crippen LogP contribution >= 0.6 is 0 Å². The fraction of sp³-hybridized carbons (Fsp3) is 0.0769. The molecule has 6 aromatic rings. The Kier molecular flexibility index (Phi) is 4.95. The molecular weight excluding hydrogens is 448 g/mol. The van der Waals surface area contributed by atoms with E-state index in [-0.39, 0.29) is 11.5 Å². The molecule has 0 saturated carbocycles. The van der Waals surface area contributed by atoms with Crippen molar-refractivity contribution in [2.24, 2.45) is 0 Å². The Hall–Kier alpha value is -4.66. The summed E-state index contributed by atoms with van der Waals surface area (Å²) >= 11 is 0. The Morgan fingerprint density at radius 1 is 0.886 bits per heavy atom. The number of nitrogens with zero attached hydrogens (tertiary/aromatic N) is 4. The number of anilines is 1. The molecule has 3 heterocycles. The number of hydrogen-bond acceptors (Lipinski definition) is 5. The largest absolute Gasteiger partial charge is 0.384 e. The molecular formula is C26H19F2N7. The quantitative estimate of drug-likeness (QED) is 0.326. The van der Waals surface area contributed by atoms with Gasteiger partial charge in [0.1, 0.15) is 17.2 Å². The van der Waals surface area contributed by atoms with Crippen molar-refractivity contribution in [3.8, 4) is 11.1 Å². The summed E-state index contributed by atoms with van der Waals surface area (Å²) in [7, 11) is 0. The third-order valence-electron chi connectivity index (χ3n) is 6.10. The summed E-state index contributed by atoms with van der Waals surface area (Å²) in [6.45, 7) is 0. The SMILES string of the molecule is Nc1cc(C(Cc2nc3c(-c4ccccc4)c(F)c(F)cc3[nH]2)c2ccccc2)c2nn[nH]c2n1. The molecule has 1 atom stereocenters. The van der Waals surface area contributed by atoms with Crippen molar-refractivity contribution in [2.75, 3.05) is 5.73 Å². The van der Waals surface area contributed by atoms with E-state index in [9.17, 15) is 8.78 Å². The highest BCUT2D eigenvalue weighted by molar-refractivity contribution is 5.92. The van der Waals surface area contributed by atoms with Crippen LogP contribution in [0.15, 0.2) is 72.8 Å². The second-order valence-corrected chi connectivity index (χ2v) is 8.31. The van der Waals surface area contributed by atoms with Crippen molar-refractivity contribution in [1.29, 1.82) is 0 Å². The number of fused-ring (bicyclic) bond motifs is 2. The van der Waals surface area contributed by atoms with Gasteiger partial charge in [-0.25, -0.2) is 23.8 Å². The number of hydrogen-bond donors (Lipinski definition) is 3. The zero-order chi connectivity index (χ0) is 23.9. The molecule has 0 bridgehead atoms. The van der Waals surface area contributed by atoms with Crippen LogP contribution in [0.2, 0.25) is 0 Å². The molecule has 1 unspecified atom stereocenters. The number of rotatable bonds is 5. The summed E-state index contributed by atoms with van der Waals surface area (Å²) < 4.78 is 29.5. The van der Waals surface area contributed by atoms with E-state index in [1.165, 1.54) is 0 Å². The second kappa shape index (κ2) is 8.28. The van der Waals surface area contributed by atoms with E-state index in [1.54, 1.807) is 30.3 Å². The van der Waals surface area contributed by atoms with Crippen LogP contribution in [0.3, 0.4) is 0 Å². The molecule has 35 heavy (non-hydrogen) atoms. The summed E-state index contributed by atoms with van der Waals surface area (Å²) in [6, 6.07) is 21.6. The molecule has 0 fully saturated rings. The maximum atomic E-state index is 14.9. The number of aromatic amines is 2. The maximum absolute atomic E-state index is 14.9. The summed E-state index contributed by atoms with van der Waals surface area (Å²) in [6.07, 6.45) is 0.404. The van der Waals surface area contributed by atoms with Crippen molar-refractivity contribution in [1.82, 2.24) is 30.4 Å². The van der Waals surface area contributed by atoms with Crippen molar-refractivity contribution in [2.45, 2.75) is 12.3 Å². The number of pyridine rings is 1. The predicted molar refractivity (Wildman–Crippen MR) is 130 cm³/mol. The van der Waals surface area contributed by atoms with Gasteiger partial charge in [-0.05, 0) is 22.8 Å². The number of imidazole rings is 1. The van der Waals surface area contributed by atoms with Gasteiger partial charge >= 0.3 is 0 Å². The minimum Gasteiger partial charge on any atom is -0.384 e. The summed E-state index contributed by atoms with van der Waals surface area (Å²) in [5, 5.41) is 10.9. The lowest BCUT2D eigenvalue weighted by Crippen LogP contribution is -2.08. The van der Waals surface area contributed by atoms with Crippen molar-refractivity contribution < 1.29 is 8.78 Å². The molecule has 4 N–H and O–H groups in total. The third kappa shape index (κ3) is 3.67. The fourth-order valence-corrected chi connectivity index (χ4v) is 4.55. The summed E-state index contributed by atoms with van der Waals surface area (Å²) in [5.74, 6) is -1.17. The maximum Gasteiger partial charge on any atom is 0.178 e. The van der Waals surface area contributed by atoms with Crippen LogP contribution in [-0.4, -0.2) is 30.4 Å². The molecule has 0 spiro atoms. The molecule has 7 nitrogen and oxygen atoms in total. The van der Waals surface area contributed by atoms with Crippen LogP contribution in [0.5, 0.6) is 0 Å². The van der Waals surface area contributed by atoms with Crippen molar-refractivity contribution in [3.05, 3.63) is 101 Å².